The number of likely N-dealkylation sites (tertiary alicyclic amines) is 1. The van der Waals surface area contributed by atoms with E-state index >= 15 is 0 Å². The Labute approximate surface area is 152 Å². The van der Waals surface area contributed by atoms with Crippen molar-refractivity contribution >= 4 is 12.1 Å². The fourth-order valence-electron chi connectivity index (χ4n) is 2.84. The van der Waals surface area contributed by atoms with Crippen molar-refractivity contribution in [3.05, 3.63) is 0 Å². The summed E-state index contributed by atoms with van der Waals surface area (Å²) in [5.74, 6) is 1.69. The Kier molecular flexibility index (Phi) is 8.48. The number of ether oxygens (including phenoxy) is 2. The van der Waals surface area contributed by atoms with Gasteiger partial charge >= 0.3 is 6.09 Å². The van der Waals surface area contributed by atoms with Gasteiger partial charge in [-0.15, -0.1) is 0 Å². The number of guanidine groups is 1. The predicted molar refractivity (Wildman–Crippen MR) is 101 cm³/mol. The fourth-order valence-corrected chi connectivity index (χ4v) is 2.84. The highest BCUT2D eigenvalue weighted by atomic mass is 16.6. The third-order valence-electron chi connectivity index (χ3n) is 4.19. The summed E-state index contributed by atoms with van der Waals surface area (Å²) < 4.78 is 10.6. The average molecular weight is 357 g/mol. The highest BCUT2D eigenvalue weighted by Crippen LogP contribution is 2.16. The molecule has 0 spiro atoms. The minimum atomic E-state index is -0.499. The van der Waals surface area contributed by atoms with Gasteiger partial charge in [-0.3, -0.25) is 4.99 Å². The second-order valence-corrected chi connectivity index (χ2v) is 7.98. The summed E-state index contributed by atoms with van der Waals surface area (Å²) >= 11 is 0. The maximum absolute atomic E-state index is 12.0. The van der Waals surface area contributed by atoms with Gasteiger partial charge in [-0.25, -0.2) is 4.79 Å². The third kappa shape index (κ3) is 7.94. The zero-order chi connectivity index (χ0) is 19.0. The summed E-state index contributed by atoms with van der Waals surface area (Å²) in [6.07, 6.45) is 0.725. The number of hydrogen-bond donors (Lipinski definition) is 2. The van der Waals surface area contributed by atoms with Gasteiger partial charge in [0.15, 0.2) is 5.96 Å². The van der Waals surface area contributed by atoms with Gasteiger partial charge in [-0.1, -0.05) is 13.8 Å². The van der Waals surface area contributed by atoms with Crippen LogP contribution in [0.2, 0.25) is 0 Å². The van der Waals surface area contributed by atoms with Gasteiger partial charge in [0.2, 0.25) is 0 Å². The quantitative estimate of drug-likeness (QED) is 0.563. The SMILES string of the molecule is CN=C(NCC(NC(=O)OC(C)(C)C)C(C)C)N1CCC(COC)C1. The van der Waals surface area contributed by atoms with E-state index in [0.717, 1.165) is 32.1 Å². The Morgan fingerprint density at radius 3 is 2.56 bits per heavy atom. The lowest BCUT2D eigenvalue weighted by Gasteiger charge is -2.28. The van der Waals surface area contributed by atoms with Crippen molar-refractivity contribution in [2.75, 3.05) is 40.4 Å². The number of alkyl carbamates (subject to hydrolysis) is 1. The molecule has 0 aromatic carbocycles. The molecule has 1 saturated heterocycles. The molecule has 0 aromatic heterocycles. The maximum atomic E-state index is 12.0. The summed E-state index contributed by atoms with van der Waals surface area (Å²) in [5, 5.41) is 6.34. The first-order valence-electron chi connectivity index (χ1n) is 9.10. The molecule has 146 valence electrons. The van der Waals surface area contributed by atoms with Crippen LogP contribution >= 0.6 is 0 Å². The lowest BCUT2D eigenvalue weighted by atomic mass is 10.0. The van der Waals surface area contributed by atoms with Crippen molar-refractivity contribution in [2.24, 2.45) is 16.8 Å². The molecule has 2 N–H and O–H groups in total. The van der Waals surface area contributed by atoms with Crippen molar-refractivity contribution < 1.29 is 14.3 Å². The lowest BCUT2D eigenvalue weighted by molar-refractivity contribution is 0.0491. The molecule has 0 radical (unpaired) electrons. The van der Waals surface area contributed by atoms with Crippen LogP contribution in [0.15, 0.2) is 4.99 Å². The van der Waals surface area contributed by atoms with Crippen LogP contribution in [0, 0.1) is 11.8 Å². The van der Waals surface area contributed by atoms with E-state index in [1.165, 1.54) is 0 Å². The van der Waals surface area contributed by atoms with E-state index in [0.29, 0.717) is 12.5 Å². The first-order chi connectivity index (χ1) is 11.7. The molecule has 1 aliphatic rings. The number of amides is 1. The number of carbonyl (C=O) groups excluding carboxylic acids is 1. The second kappa shape index (κ2) is 9.85. The number of nitrogens with zero attached hydrogens (tertiary/aromatic N) is 2. The summed E-state index contributed by atoms with van der Waals surface area (Å²) in [7, 11) is 3.53. The van der Waals surface area contributed by atoms with E-state index < -0.39 is 5.60 Å². The molecule has 0 aliphatic carbocycles. The van der Waals surface area contributed by atoms with Crippen LogP contribution in [0.25, 0.3) is 0 Å². The molecule has 2 atom stereocenters. The largest absolute Gasteiger partial charge is 0.444 e. The van der Waals surface area contributed by atoms with Crippen molar-refractivity contribution in [1.82, 2.24) is 15.5 Å². The number of hydrogen-bond acceptors (Lipinski definition) is 4. The number of aliphatic imine (C=N–C) groups is 1. The van der Waals surface area contributed by atoms with Gasteiger partial charge in [-0.2, -0.15) is 0 Å². The average Bonchev–Trinajstić information content (AvgIpc) is 2.93. The van der Waals surface area contributed by atoms with Crippen molar-refractivity contribution in [1.29, 1.82) is 0 Å². The van der Waals surface area contributed by atoms with Gasteiger partial charge < -0.3 is 25.0 Å². The van der Waals surface area contributed by atoms with Crippen molar-refractivity contribution in [3.63, 3.8) is 0 Å². The van der Waals surface area contributed by atoms with Gasteiger partial charge in [0.25, 0.3) is 0 Å². The standard InChI is InChI=1S/C18H36N4O3/c1-13(2)15(21-17(23)25-18(3,4)5)10-20-16(19-6)22-9-8-14(11-22)12-24-7/h13-15H,8-12H2,1-7H3,(H,19,20)(H,21,23). The van der Waals surface area contributed by atoms with Gasteiger partial charge in [0.05, 0.1) is 12.6 Å². The molecule has 1 fully saturated rings. The second-order valence-electron chi connectivity index (χ2n) is 7.98. The van der Waals surface area contributed by atoms with Gasteiger partial charge in [-0.05, 0) is 33.1 Å². The Morgan fingerprint density at radius 1 is 1.36 bits per heavy atom. The smallest absolute Gasteiger partial charge is 0.407 e. The number of methoxy groups -OCH3 is 1. The van der Waals surface area contributed by atoms with Crippen molar-refractivity contribution in [2.45, 2.75) is 52.7 Å². The first-order valence-corrected chi connectivity index (χ1v) is 9.10. The molecule has 2 unspecified atom stereocenters. The van der Waals surface area contributed by atoms with Crippen LogP contribution in [-0.4, -0.2) is 69.0 Å². The summed E-state index contributed by atoms with van der Waals surface area (Å²) in [5.41, 5.74) is -0.499. The van der Waals surface area contributed by atoms with Crippen LogP contribution in [0.3, 0.4) is 0 Å². The van der Waals surface area contributed by atoms with Crippen LogP contribution < -0.4 is 10.6 Å². The topological polar surface area (TPSA) is 75.2 Å². The Balaban J connectivity index is 2.54. The molecule has 0 saturated carbocycles. The molecular formula is C18H36N4O3. The molecule has 1 heterocycles. The van der Waals surface area contributed by atoms with Crippen LogP contribution in [-0.2, 0) is 9.47 Å². The van der Waals surface area contributed by atoms with Crippen LogP contribution in [0.4, 0.5) is 4.79 Å². The Bertz CT molecular complexity index is 446. The summed E-state index contributed by atoms with van der Waals surface area (Å²) in [4.78, 5) is 18.7. The van der Waals surface area contributed by atoms with E-state index in [1.807, 2.05) is 20.8 Å². The maximum Gasteiger partial charge on any atom is 0.407 e. The molecule has 1 aliphatic heterocycles. The van der Waals surface area contributed by atoms with Gasteiger partial charge in [0, 0.05) is 39.7 Å². The molecule has 25 heavy (non-hydrogen) atoms. The monoisotopic (exact) mass is 356 g/mol. The normalized spacial score (nSPS) is 19.9. The molecular weight excluding hydrogens is 320 g/mol. The molecule has 0 aromatic rings. The molecule has 0 bridgehead atoms. The molecule has 7 nitrogen and oxygen atoms in total. The number of carbonyl (C=O) groups is 1. The Morgan fingerprint density at radius 2 is 2.04 bits per heavy atom. The van der Waals surface area contributed by atoms with E-state index in [2.05, 4.69) is 34.4 Å². The lowest BCUT2D eigenvalue weighted by Crippen LogP contribution is -2.50. The fraction of sp³-hybridized carbons (Fsp3) is 0.889. The van der Waals surface area contributed by atoms with Crippen LogP contribution in [0.5, 0.6) is 0 Å². The zero-order valence-corrected chi connectivity index (χ0v) is 16.9. The van der Waals surface area contributed by atoms with Crippen molar-refractivity contribution in [3.8, 4) is 0 Å². The third-order valence-corrected chi connectivity index (χ3v) is 4.19. The molecule has 1 amide bonds. The minimum absolute atomic E-state index is 0.0380. The van der Waals surface area contributed by atoms with E-state index in [1.54, 1.807) is 14.2 Å². The van der Waals surface area contributed by atoms with Crippen LogP contribution in [0.1, 0.15) is 41.0 Å². The molecule has 1 rings (SSSR count). The highest BCUT2D eigenvalue weighted by molar-refractivity contribution is 5.80. The number of nitrogens with one attached hydrogen (secondary N) is 2. The van der Waals surface area contributed by atoms with E-state index in [4.69, 9.17) is 9.47 Å². The van der Waals surface area contributed by atoms with E-state index in [-0.39, 0.29) is 18.1 Å². The summed E-state index contributed by atoms with van der Waals surface area (Å²) in [6, 6.07) is -0.0380. The van der Waals surface area contributed by atoms with Gasteiger partial charge in [0.1, 0.15) is 5.60 Å². The first kappa shape index (κ1) is 21.5. The van der Waals surface area contributed by atoms with E-state index in [9.17, 15) is 4.79 Å². The highest BCUT2D eigenvalue weighted by Gasteiger charge is 2.26. The summed E-state index contributed by atoms with van der Waals surface area (Å²) in [6.45, 7) is 13.0. The Hall–Kier alpha value is -1.50. The minimum Gasteiger partial charge on any atom is -0.444 e. The molecule has 7 heteroatoms. The zero-order valence-electron chi connectivity index (χ0n) is 16.9. The predicted octanol–water partition coefficient (Wildman–Crippen LogP) is 2.08. The number of rotatable bonds is 6.